The van der Waals surface area contributed by atoms with Crippen LogP contribution in [0, 0.1) is 5.82 Å². The van der Waals surface area contributed by atoms with E-state index in [9.17, 15) is 17.6 Å². The first-order valence-electron chi connectivity index (χ1n) is 6.07. The Labute approximate surface area is 121 Å². The average Bonchev–Trinajstić information content (AvgIpc) is 2.90. The van der Waals surface area contributed by atoms with E-state index in [2.05, 4.69) is 0 Å². The highest BCUT2D eigenvalue weighted by molar-refractivity contribution is 8.14. The topological polar surface area (TPSA) is 54.5 Å². The normalized spacial score (nSPS) is 16.2. The number of sulfonamides is 1. The third-order valence-electron chi connectivity index (χ3n) is 2.88. The fourth-order valence-electron chi connectivity index (χ4n) is 1.84. The molecule has 1 aliphatic heterocycles. The fourth-order valence-corrected chi connectivity index (χ4v) is 3.79. The molecule has 0 N–H and O–H groups in total. The minimum atomic E-state index is -3.68. The average molecular weight is 315 g/mol. The molecule has 0 radical (unpaired) electrons. The van der Waals surface area contributed by atoms with Crippen LogP contribution in [0.1, 0.15) is 6.92 Å². The summed E-state index contributed by atoms with van der Waals surface area (Å²) in [6.07, 6.45) is 1.63. The van der Waals surface area contributed by atoms with E-state index in [1.54, 1.807) is 6.08 Å². The van der Waals surface area contributed by atoms with Crippen molar-refractivity contribution in [3.05, 3.63) is 41.7 Å². The Kier molecular flexibility index (Phi) is 4.62. The van der Waals surface area contributed by atoms with Gasteiger partial charge in [0.15, 0.2) is 0 Å². The molecule has 0 amide bonds. The fraction of sp³-hybridized carbons (Fsp3) is 0.308. The Morgan fingerprint density at radius 1 is 1.35 bits per heavy atom. The van der Waals surface area contributed by atoms with Crippen molar-refractivity contribution in [2.75, 3.05) is 18.8 Å². The van der Waals surface area contributed by atoms with Crippen LogP contribution in [0.15, 0.2) is 40.8 Å². The molecule has 0 aliphatic carbocycles. The molecule has 1 aliphatic rings. The van der Waals surface area contributed by atoms with Crippen molar-refractivity contribution in [1.29, 1.82) is 0 Å². The van der Waals surface area contributed by atoms with Crippen LogP contribution in [-0.4, -0.2) is 36.7 Å². The second kappa shape index (κ2) is 6.07. The van der Waals surface area contributed by atoms with Crippen LogP contribution in [-0.2, 0) is 14.8 Å². The van der Waals surface area contributed by atoms with Gasteiger partial charge in [-0.1, -0.05) is 24.8 Å². The predicted octanol–water partition coefficient (Wildman–Crippen LogP) is 2.04. The molecule has 0 fully saturated rings. The first-order valence-corrected chi connectivity index (χ1v) is 8.49. The van der Waals surface area contributed by atoms with Crippen LogP contribution in [0.3, 0.4) is 0 Å². The zero-order chi connectivity index (χ0) is 14.8. The lowest BCUT2D eigenvalue weighted by atomic mass is 10.3. The van der Waals surface area contributed by atoms with E-state index in [-0.39, 0.29) is 23.1 Å². The van der Waals surface area contributed by atoms with Gasteiger partial charge in [0.2, 0.25) is 15.1 Å². The van der Waals surface area contributed by atoms with Gasteiger partial charge in [0, 0.05) is 18.7 Å². The summed E-state index contributed by atoms with van der Waals surface area (Å²) in [5.41, 5.74) is 0.502. The van der Waals surface area contributed by atoms with Gasteiger partial charge in [-0.2, -0.15) is 4.31 Å². The summed E-state index contributed by atoms with van der Waals surface area (Å²) in [4.78, 5) is 11.8. The highest BCUT2D eigenvalue weighted by Crippen LogP contribution is 2.23. The number of carbonyl (C=O) groups is 1. The van der Waals surface area contributed by atoms with E-state index >= 15 is 0 Å². The molecule has 108 valence electrons. The summed E-state index contributed by atoms with van der Waals surface area (Å²) < 4.78 is 38.7. The van der Waals surface area contributed by atoms with Gasteiger partial charge in [-0.3, -0.25) is 4.79 Å². The third kappa shape index (κ3) is 3.11. The molecule has 7 heteroatoms. The highest BCUT2D eigenvalue weighted by Gasteiger charge is 2.30. The van der Waals surface area contributed by atoms with Crippen molar-refractivity contribution < 1.29 is 17.6 Å². The molecule has 1 heterocycles. The minimum Gasteiger partial charge on any atom is -0.282 e. The first-order chi connectivity index (χ1) is 9.45. The van der Waals surface area contributed by atoms with Crippen molar-refractivity contribution in [2.45, 2.75) is 11.8 Å². The number of hydrogen-bond acceptors (Lipinski definition) is 4. The van der Waals surface area contributed by atoms with Crippen LogP contribution in [0.5, 0.6) is 0 Å². The van der Waals surface area contributed by atoms with Gasteiger partial charge in [-0.05, 0) is 30.0 Å². The van der Waals surface area contributed by atoms with Crippen molar-refractivity contribution in [3.63, 3.8) is 0 Å². The van der Waals surface area contributed by atoms with Crippen LogP contribution >= 0.6 is 11.8 Å². The van der Waals surface area contributed by atoms with Gasteiger partial charge in [-0.15, -0.1) is 0 Å². The zero-order valence-corrected chi connectivity index (χ0v) is 12.5. The van der Waals surface area contributed by atoms with Crippen LogP contribution in [0.25, 0.3) is 0 Å². The van der Waals surface area contributed by atoms with Crippen molar-refractivity contribution >= 4 is 26.9 Å². The molecule has 0 spiro atoms. The lowest BCUT2D eigenvalue weighted by Gasteiger charge is -2.16. The summed E-state index contributed by atoms with van der Waals surface area (Å²) in [5.74, 6) is 0.166. The molecule has 0 aromatic heterocycles. The first kappa shape index (κ1) is 15.2. The van der Waals surface area contributed by atoms with Crippen LogP contribution in [0.2, 0.25) is 0 Å². The number of carbonyl (C=O) groups excluding carboxylic acids is 1. The monoisotopic (exact) mass is 315 g/mol. The Hall–Kier alpha value is -1.18. The molecule has 0 unspecified atom stereocenters. The second-order valence-electron chi connectivity index (χ2n) is 4.20. The van der Waals surface area contributed by atoms with E-state index in [1.807, 2.05) is 6.92 Å². The lowest BCUT2D eigenvalue weighted by molar-refractivity contribution is -0.107. The van der Waals surface area contributed by atoms with Crippen LogP contribution in [0.4, 0.5) is 4.39 Å². The van der Waals surface area contributed by atoms with Gasteiger partial charge in [0.25, 0.3) is 0 Å². The maximum atomic E-state index is 12.8. The van der Waals surface area contributed by atoms with Gasteiger partial charge in [-0.25, -0.2) is 12.8 Å². The Bertz CT molecular complexity index is 638. The zero-order valence-electron chi connectivity index (χ0n) is 10.9. The number of rotatable bonds is 4. The molecule has 1 aromatic rings. The smallest absolute Gasteiger partial charge is 0.243 e. The lowest BCUT2D eigenvalue weighted by Crippen LogP contribution is -2.29. The van der Waals surface area contributed by atoms with Crippen molar-refractivity contribution in [2.24, 2.45) is 0 Å². The van der Waals surface area contributed by atoms with E-state index in [0.29, 0.717) is 11.3 Å². The molecule has 20 heavy (non-hydrogen) atoms. The molecular weight excluding hydrogens is 301 g/mol. The molecule has 1 aromatic carbocycles. The largest absolute Gasteiger partial charge is 0.282 e. The highest BCUT2D eigenvalue weighted by atomic mass is 32.2. The van der Waals surface area contributed by atoms with Crippen LogP contribution < -0.4 is 0 Å². The number of halogens is 1. The second-order valence-corrected chi connectivity index (χ2v) is 7.38. The molecule has 4 nitrogen and oxygen atoms in total. The molecule has 2 rings (SSSR count). The molecule has 0 saturated carbocycles. The summed E-state index contributed by atoms with van der Waals surface area (Å²) in [5, 5.41) is -0.0932. The molecule has 0 atom stereocenters. The quantitative estimate of drug-likeness (QED) is 0.853. The summed E-state index contributed by atoms with van der Waals surface area (Å²) in [7, 11) is -3.68. The Balaban J connectivity index is 2.14. The predicted molar refractivity (Wildman–Crippen MR) is 76.4 cm³/mol. The minimum absolute atomic E-state index is 0.0316. The number of thioether (sulfide) groups is 1. The van der Waals surface area contributed by atoms with Gasteiger partial charge < -0.3 is 0 Å². The van der Waals surface area contributed by atoms with E-state index in [1.165, 1.54) is 16.4 Å². The summed E-state index contributed by atoms with van der Waals surface area (Å²) >= 11 is 1.16. The maximum absolute atomic E-state index is 12.8. The summed E-state index contributed by atoms with van der Waals surface area (Å²) in [6, 6.07) is 4.67. The molecule has 0 saturated heterocycles. The SMILES string of the molecule is CCSC(=O)C1=CCN(S(=O)(=O)c2ccc(F)cc2)C1. The van der Waals surface area contributed by atoms with E-state index in [0.717, 1.165) is 23.9 Å². The van der Waals surface area contributed by atoms with Gasteiger partial charge in [0.1, 0.15) is 5.82 Å². The van der Waals surface area contributed by atoms with Gasteiger partial charge >= 0.3 is 0 Å². The Morgan fingerprint density at radius 2 is 2.00 bits per heavy atom. The summed E-state index contributed by atoms with van der Waals surface area (Å²) in [6.45, 7) is 2.11. The number of hydrogen-bond donors (Lipinski definition) is 0. The molecular formula is C13H14FNO3S2. The van der Waals surface area contributed by atoms with E-state index in [4.69, 9.17) is 0 Å². The Morgan fingerprint density at radius 3 is 2.60 bits per heavy atom. The standard InChI is InChI=1S/C13H14FNO3S2/c1-2-19-13(16)10-7-8-15(9-10)20(17,18)12-5-3-11(14)4-6-12/h3-7H,2,8-9H2,1H3. The third-order valence-corrected chi connectivity index (χ3v) is 5.52. The maximum Gasteiger partial charge on any atom is 0.243 e. The van der Waals surface area contributed by atoms with Gasteiger partial charge in [0.05, 0.1) is 4.90 Å². The van der Waals surface area contributed by atoms with Crippen molar-refractivity contribution in [1.82, 2.24) is 4.31 Å². The number of benzene rings is 1. The number of nitrogens with zero attached hydrogens (tertiary/aromatic N) is 1. The molecule has 0 bridgehead atoms. The van der Waals surface area contributed by atoms with E-state index < -0.39 is 15.8 Å². The van der Waals surface area contributed by atoms with Crippen molar-refractivity contribution in [3.8, 4) is 0 Å².